The summed E-state index contributed by atoms with van der Waals surface area (Å²) in [5, 5.41) is 6.60. The normalized spacial score (nSPS) is 23.6. The molecule has 2 aromatic rings. The van der Waals surface area contributed by atoms with Crippen LogP contribution in [0.5, 0.6) is 0 Å². The van der Waals surface area contributed by atoms with Crippen LogP contribution in [0, 0.1) is 0 Å². The molecule has 2 aliphatic rings. The summed E-state index contributed by atoms with van der Waals surface area (Å²) in [7, 11) is 1.70. The molecular weight excluding hydrogens is 421 g/mol. The zero-order valence-corrected chi connectivity index (χ0v) is 18.7. The van der Waals surface area contributed by atoms with E-state index in [-0.39, 0.29) is 35.2 Å². The van der Waals surface area contributed by atoms with Crippen molar-refractivity contribution in [3.05, 3.63) is 29.2 Å². The molecule has 7 nitrogen and oxygen atoms in total. The highest BCUT2D eigenvalue weighted by molar-refractivity contribution is 5.96. The number of halogens is 3. The molecule has 2 atom stereocenters. The van der Waals surface area contributed by atoms with E-state index in [2.05, 4.69) is 39.4 Å². The summed E-state index contributed by atoms with van der Waals surface area (Å²) in [4.78, 5) is 25.6. The van der Waals surface area contributed by atoms with Gasteiger partial charge in [-0.05, 0) is 52.0 Å². The topological polar surface area (TPSA) is 85.9 Å². The van der Waals surface area contributed by atoms with Crippen molar-refractivity contribution in [2.75, 3.05) is 18.9 Å². The van der Waals surface area contributed by atoms with Crippen LogP contribution in [-0.2, 0) is 12.6 Å². The number of aromatic amines is 1. The van der Waals surface area contributed by atoms with Gasteiger partial charge in [-0.25, -0.2) is 9.97 Å². The molecule has 3 N–H and O–H groups in total. The van der Waals surface area contributed by atoms with Crippen molar-refractivity contribution in [1.29, 1.82) is 0 Å². The summed E-state index contributed by atoms with van der Waals surface area (Å²) in [6.45, 7) is 6.84. The highest BCUT2D eigenvalue weighted by Crippen LogP contribution is 2.39. The average Bonchev–Trinajstić information content (AvgIpc) is 3.11. The van der Waals surface area contributed by atoms with Gasteiger partial charge in [0.25, 0.3) is 5.91 Å². The van der Waals surface area contributed by atoms with Gasteiger partial charge in [-0.1, -0.05) is 0 Å². The zero-order valence-electron chi connectivity index (χ0n) is 18.7. The fourth-order valence-electron chi connectivity index (χ4n) is 4.33. The molecule has 174 valence electrons. The van der Waals surface area contributed by atoms with Crippen LogP contribution in [0.15, 0.2) is 12.4 Å². The minimum Gasteiger partial charge on any atom is -0.356 e. The highest BCUT2D eigenvalue weighted by Gasteiger charge is 2.38. The van der Waals surface area contributed by atoms with Crippen LogP contribution in [0.4, 0.5) is 19.1 Å². The Bertz CT molecular complexity index is 1010. The lowest BCUT2D eigenvalue weighted by Crippen LogP contribution is -2.50. The van der Waals surface area contributed by atoms with Crippen LogP contribution in [0.1, 0.15) is 61.6 Å². The minimum absolute atomic E-state index is 0.0103. The molecule has 0 aromatic carbocycles. The lowest BCUT2D eigenvalue weighted by molar-refractivity contribution is -0.137. The largest absolute Gasteiger partial charge is 0.419 e. The predicted octanol–water partition coefficient (Wildman–Crippen LogP) is 3.84. The van der Waals surface area contributed by atoms with E-state index in [0.717, 1.165) is 19.0 Å². The number of nitrogens with one attached hydrogen (secondary N) is 3. The number of amides is 1. The number of hydrogen-bond donors (Lipinski definition) is 3. The highest BCUT2D eigenvalue weighted by atomic mass is 19.4. The van der Waals surface area contributed by atoms with Gasteiger partial charge in [0.15, 0.2) is 0 Å². The van der Waals surface area contributed by atoms with E-state index in [9.17, 15) is 18.0 Å². The van der Waals surface area contributed by atoms with Crippen molar-refractivity contribution >= 4 is 11.9 Å². The van der Waals surface area contributed by atoms with E-state index >= 15 is 0 Å². The second kappa shape index (κ2) is 8.06. The monoisotopic (exact) mass is 450 g/mol. The van der Waals surface area contributed by atoms with Crippen LogP contribution < -0.4 is 10.6 Å². The Morgan fingerprint density at radius 2 is 2.03 bits per heavy atom. The fourth-order valence-corrected chi connectivity index (χ4v) is 4.33. The van der Waals surface area contributed by atoms with Crippen LogP contribution in [-0.4, -0.2) is 57.0 Å². The molecule has 4 rings (SSSR count). The summed E-state index contributed by atoms with van der Waals surface area (Å²) in [6, 6.07) is 0.0101. The van der Waals surface area contributed by atoms with Crippen LogP contribution in [0.2, 0.25) is 0 Å². The molecule has 1 fully saturated rings. The SMILES string of the molecule is C[C@@H]1CCc2c(-c3nc(NC4CCC(C)(C)NC4)ncc3C(F)(F)F)c[nH]c2C(=O)N1C. The van der Waals surface area contributed by atoms with E-state index in [1.54, 1.807) is 11.9 Å². The maximum atomic E-state index is 13.8. The third-order valence-electron chi connectivity index (χ3n) is 6.62. The number of piperidine rings is 1. The number of carbonyl (C=O) groups is 1. The van der Waals surface area contributed by atoms with Gasteiger partial charge in [-0.3, -0.25) is 4.79 Å². The Morgan fingerprint density at radius 1 is 1.28 bits per heavy atom. The van der Waals surface area contributed by atoms with Gasteiger partial charge in [0.1, 0.15) is 11.3 Å². The van der Waals surface area contributed by atoms with Gasteiger partial charge in [0.05, 0.1) is 5.69 Å². The summed E-state index contributed by atoms with van der Waals surface area (Å²) in [5.74, 6) is -0.0759. The minimum atomic E-state index is -4.62. The lowest BCUT2D eigenvalue weighted by Gasteiger charge is -2.36. The number of aromatic nitrogens is 3. The van der Waals surface area contributed by atoms with Crippen molar-refractivity contribution in [2.45, 2.75) is 70.3 Å². The van der Waals surface area contributed by atoms with Crippen molar-refractivity contribution in [3.63, 3.8) is 0 Å². The fraction of sp³-hybridized carbons (Fsp3) is 0.591. The summed E-state index contributed by atoms with van der Waals surface area (Å²) in [6.07, 6.45) is 0.594. The quantitative estimate of drug-likeness (QED) is 0.662. The first kappa shape index (κ1) is 22.6. The molecule has 2 aromatic heterocycles. The molecule has 1 amide bonds. The van der Waals surface area contributed by atoms with Crippen LogP contribution in [0.3, 0.4) is 0 Å². The molecule has 0 spiro atoms. The second-order valence-electron chi connectivity index (χ2n) is 9.46. The third kappa shape index (κ3) is 4.32. The van der Waals surface area contributed by atoms with Crippen molar-refractivity contribution in [1.82, 2.24) is 25.2 Å². The maximum absolute atomic E-state index is 13.8. The molecule has 4 heterocycles. The first-order valence-electron chi connectivity index (χ1n) is 10.9. The Balaban J connectivity index is 1.71. The first-order valence-corrected chi connectivity index (χ1v) is 10.9. The van der Waals surface area contributed by atoms with E-state index < -0.39 is 11.7 Å². The molecule has 10 heteroatoms. The zero-order chi connectivity index (χ0) is 23.3. The molecule has 2 aliphatic heterocycles. The average molecular weight is 451 g/mol. The van der Waals surface area contributed by atoms with E-state index in [0.29, 0.717) is 36.2 Å². The summed E-state index contributed by atoms with van der Waals surface area (Å²) < 4.78 is 41.5. The van der Waals surface area contributed by atoms with Crippen LogP contribution in [0.25, 0.3) is 11.3 Å². The van der Waals surface area contributed by atoms with Crippen molar-refractivity contribution in [2.24, 2.45) is 0 Å². The Kier molecular flexibility index (Phi) is 5.68. The maximum Gasteiger partial charge on any atom is 0.419 e. The van der Waals surface area contributed by atoms with Gasteiger partial charge in [-0.2, -0.15) is 13.2 Å². The predicted molar refractivity (Wildman–Crippen MR) is 115 cm³/mol. The Hall–Kier alpha value is -2.62. The lowest BCUT2D eigenvalue weighted by atomic mass is 9.91. The van der Waals surface area contributed by atoms with Gasteiger partial charge in [-0.15, -0.1) is 0 Å². The number of fused-ring (bicyclic) bond motifs is 1. The number of carbonyl (C=O) groups excluding carboxylic acids is 1. The Morgan fingerprint density at radius 3 is 2.69 bits per heavy atom. The Labute approximate surface area is 185 Å². The van der Waals surface area contributed by atoms with Gasteiger partial charge < -0.3 is 20.5 Å². The molecule has 32 heavy (non-hydrogen) atoms. The summed E-state index contributed by atoms with van der Waals surface area (Å²) in [5.41, 5.74) is 0.113. The van der Waals surface area contributed by atoms with Crippen molar-refractivity contribution in [3.8, 4) is 11.3 Å². The number of nitrogens with zero attached hydrogens (tertiary/aromatic N) is 3. The molecule has 1 unspecified atom stereocenters. The molecular formula is C22H29F3N6O. The molecule has 1 saturated heterocycles. The second-order valence-corrected chi connectivity index (χ2v) is 9.46. The number of hydrogen-bond acceptors (Lipinski definition) is 5. The standard InChI is InChI=1S/C22H29F3N6O/c1-12-5-6-14-15(10-26-18(14)19(32)31(12)4)17-16(22(23,24)25)11-27-20(30-17)29-13-7-8-21(2,3)28-9-13/h10-13,26,28H,5-9H2,1-4H3,(H,27,29,30)/t12-,13?/m1/s1. The summed E-state index contributed by atoms with van der Waals surface area (Å²) >= 11 is 0. The molecule has 0 radical (unpaired) electrons. The number of anilines is 1. The third-order valence-corrected chi connectivity index (χ3v) is 6.62. The van der Waals surface area contributed by atoms with E-state index in [1.807, 2.05) is 6.92 Å². The molecule has 0 bridgehead atoms. The van der Waals surface area contributed by atoms with Gasteiger partial charge >= 0.3 is 6.18 Å². The van der Waals surface area contributed by atoms with Crippen molar-refractivity contribution < 1.29 is 18.0 Å². The molecule has 0 saturated carbocycles. The smallest absolute Gasteiger partial charge is 0.356 e. The number of alkyl halides is 3. The number of rotatable bonds is 3. The first-order chi connectivity index (χ1) is 15.0. The van der Waals surface area contributed by atoms with Gasteiger partial charge in [0, 0.05) is 49.2 Å². The van der Waals surface area contributed by atoms with E-state index in [1.165, 1.54) is 6.20 Å². The van der Waals surface area contributed by atoms with E-state index in [4.69, 9.17) is 0 Å². The van der Waals surface area contributed by atoms with Crippen LogP contribution >= 0.6 is 0 Å². The number of H-pyrrole nitrogens is 1. The molecule has 0 aliphatic carbocycles. The van der Waals surface area contributed by atoms with Gasteiger partial charge in [0.2, 0.25) is 5.95 Å².